The summed E-state index contributed by atoms with van der Waals surface area (Å²) < 4.78 is 6.45. The molecule has 2 rings (SSSR count). The maximum absolute atomic E-state index is 8.83. The average Bonchev–Trinajstić information content (AvgIpc) is 2.76. The fourth-order valence-electron chi connectivity index (χ4n) is 1.89. The maximum atomic E-state index is 8.83. The Kier molecular flexibility index (Phi) is 4.53. The van der Waals surface area contributed by atoms with Crippen LogP contribution >= 0.6 is 27.7 Å². The molecule has 0 aromatic heterocycles. The smallest absolute Gasteiger partial charge is 0.171 e. The lowest BCUT2D eigenvalue weighted by Crippen LogP contribution is -2.17. The molecule has 1 aromatic carbocycles. The molecule has 0 aliphatic carbocycles. The molecule has 1 aromatic rings. The van der Waals surface area contributed by atoms with Crippen LogP contribution in [0.15, 0.2) is 32.7 Å². The molecule has 0 radical (unpaired) electrons. The molecule has 2 atom stereocenters. The summed E-state index contributed by atoms with van der Waals surface area (Å²) in [5.74, 6) is 0.130. The summed E-state index contributed by atoms with van der Waals surface area (Å²) in [6.45, 7) is 2.88. The number of hydrogen-bond donors (Lipinski definition) is 2. The summed E-state index contributed by atoms with van der Waals surface area (Å²) in [6, 6.07) is 5.79. The van der Waals surface area contributed by atoms with Crippen LogP contribution in [0, 0.1) is 0 Å². The zero-order valence-corrected chi connectivity index (χ0v) is 12.4. The van der Waals surface area contributed by atoms with Crippen LogP contribution in [0.3, 0.4) is 0 Å². The van der Waals surface area contributed by atoms with Crippen LogP contribution in [0.1, 0.15) is 18.9 Å². The van der Waals surface area contributed by atoms with Gasteiger partial charge >= 0.3 is 0 Å². The molecule has 0 saturated carbocycles. The summed E-state index contributed by atoms with van der Waals surface area (Å²) in [7, 11) is 0. The van der Waals surface area contributed by atoms with Gasteiger partial charge in [0.05, 0.1) is 6.10 Å². The van der Waals surface area contributed by atoms with E-state index in [1.807, 2.05) is 18.2 Å². The minimum Gasteiger partial charge on any atom is -0.409 e. The quantitative estimate of drug-likeness (QED) is 0.387. The third kappa shape index (κ3) is 2.99. The van der Waals surface area contributed by atoms with E-state index in [0.29, 0.717) is 5.25 Å². The number of nitrogens with zero attached hydrogens (tertiary/aromatic N) is 1. The minimum atomic E-state index is 0.130. The topological polar surface area (TPSA) is 67.8 Å². The van der Waals surface area contributed by atoms with Gasteiger partial charge in [0.1, 0.15) is 0 Å². The SMILES string of the molecule is CC1OCCC1Sc1ccc(Br)cc1/C(N)=N/O. The molecule has 18 heavy (non-hydrogen) atoms. The van der Waals surface area contributed by atoms with Gasteiger partial charge in [-0.2, -0.15) is 0 Å². The first kappa shape index (κ1) is 13.7. The van der Waals surface area contributed by atoms with Crippen molar-refractivity contribution in [3.63, 3.8) is 0 Å². The summed E-state index contributed by atoms with van der Waals surface area (Å²) in [6.07, 6.45) is 1.26. The van der Waals surface area contributed by atoms with Gasteiger partial charge < -0.3 is 15.7 Å². The van der Waals surface area contributed by atoms with E-state index in [2.05, 4.69) is 28.0 Å². The first-order valence-corrected chi connectivity index (χ1v) is 7.35. The molecule has 1 aliphatic rings. The Morgan fingerprint density at radius 1 is 1.61 bits per heavy atom. The van der Waals surface area contributed by atoms with Gasteiger partial charge in [-0.15, -0.1) is 11.8 Å². The standard InChI is InChI=1S/C12H15BrN2O2S/c1-7-10(4-5-17-7)18-11-3-2-8(13)6-9(11)12(14)15-16/h2-3,6-7,10,16H,4-5H2,1H3,(H2,14,15). The van der Waals surface area contributed by atoms with Crippen molar-refractivity contribution in [3.05, 3.63) is 28.2 Å². The highest BCUT2D eigenvalue weighted by Gasteiger charge is 2.26. The zero-order chi connectivity index (χ0) is 13.1. The first-order chi connectivity index (χ1) is 8.61. The number of thioether (sulfide) groups is 1. The molecule has 1 heterocycles. The molecule has 4 nitrogen and oxygen atoms in total. The van der Waals surface area contributed by atoms with Crippen LogP contribution in [0.2, 0.25) is 0 Å². The second kappa shape index (κ2) is 5.95. The lowest BCUT2D eigenvalue weighted by molar-refractivity contribution is 0.127. The average molecular weight is 331 g/mol. The van der Waals surface area contributed by atoms with Crippen molar-refractivity contribution in [2.24, 2.45) is 10.9 Å². The van der Waals surface area contributed by atoms with Gasteiger partial charge in [0.2, 0.25) is 0 Å². The molecule has 1 aliphatic heterocycles. The van der Waals surface area contributed by atoms with E-state index in [-0.39, 0.29) is 11.9 Å². The van der Waals surface area contributed by atoms with Gasteiger partial charge in [0.15, 0.2) is 5.84 Å². The number of nitrogens with two attached hydrogens (primary N) is 1. The predicted octanol–water partition coefficient (Wildman–Crippen LogP) is 2.81. The van der Waals surface area contributed by atoms with E-state index in [1.54, 1.807) is 11.8 Å². The maximum Gasteiger partial charge on any atom is 0.171 e. The van der Waals surface area contributed by atoms with E-state index in [4.69, 9.17) is 15.7 Å². The molecule has 2 unspecified atom stereocenters. The van der Waals surface area contributed by atoms with E-state index in [9.17, 15) is 0 Å². The van der Waals surface area contributed by atoms with Gasteiger partial charge in [-0.1, -0.05) is 21.1 Å². The van der Waals surface area contributed by atoms with Crippen molar-refractivity contribution in [3.8, 4) is 0 Å². The van der Waals surface area contributed by atoms with Gasteiger partial charge in [0, 0.05) is 26.8 Å². The number of rotatable bonds is 3. The van der Waals surface area contributed by atoms with Gasteiger partial charge in [-0.25, -0.2) is 0 Å². The van der Waals surface area contributed by atoms with Crippen molar-refractivity contribution in [1.29, 1.82) is 0 Å². The highest BCUT2D eigenvalue weighted by atomic mass is 79.9. The normalized spacial score (nSPS) is 24.4. The number of hydrogen-bond acceptors (Lipinski definition) is 4. The van der Waals surface area contributed by atoms with Crippen molar-refractivity contribution in [2.75, 3.05) is 6.61 Å². The molecule has 3 N–H and O–H groups in total. The van der Waals surface area contributed by atoms with Crippen molar-refractivity contribution in [1.82, 2.24) is 0 Å². The van der Waals surface area contributed by atoms with Gasteiger partial charge in [0.25, 0.3) is 0 Å². The Hall–Kier alpha value is -0.720. The second-order valence-electron chi connectivity index (χ2n) is 4.15. The molecule has 0 bridgehead atoms. The van der Waals surface area contributed by atoms with Crippen LogP contribution in [0.5, 0.6) is 0 Å². The Labute approximate surface area is 119 Å². The molecule has 6 heteroatoms. The van der Waals surface area contributed by atoms with Crippen molar-refractivity contribution in [2.45, 2.75) is 29.6 Å². The Balaban J connectivity index is 2.26. The monoisotopic (exact) mass is 330 g/mol. The van der Waals surface area contributed by atoms with E-state index >= 15 is 0 Å². The van der Waals surface area contributed by atoms with Crippen LogP contribution in [-0.2, 0) is 4.74 Å². The number of oxime groups is 1. The predicted molar refractivity (Wildman–Crippen MR) is 76.3 cm³/mol. The lowest BCUT2D eigenvalue weighted by atomic mass is 10.2. The van der Waals surface area contributed by atoms with E-state index in [0.717, 1.165) is 28.0 Å². The molecule has 0 amide bonds. The fraction of sp³-hybridized carbons (Fsp3) is 0.417. The number of amidine groups is 1. The van der Waals surface area contributed by atoms with Crippen LogP contribution in [0.25, 0.3) is 0 Å². The summed E-state index contributed by atoms with van der Waals surface area (Å²) in [5.41, 5.74) is 6.45. The lowest BCUT2D eigenvalue weighted by Gasteiger charge is -2.16. The second-order valence-corrected chi connectivity index (χ2v) is 6.34. The summed E-state index contributed by atoms with van der Waals surface area (Å²) >= 11 is 5.11. The highest BCUT2D eigenvalue weighted by molar-refractivity contribution is 9.10. The van der Waals surface area contributed by atoms with Crippen molar-refractivity contribution >= 4 is 33.5 Å². The number of ether oxygens (including phenoxy) is 1. The Morgan fingerprint density at radius 2 is 2.39 bits per heavy atom. The largest absolute Gasteiger partial charge is 0.409 e. The van der Waals surface area contributed by atoms with Crippen LogP contribution < -0.4 is 5.73 Å². The number of halogens is 1. The molecule has 1 fully saturated rings. The molecule has 98 valence electrons. The Bertz CT molecular complexity index is 467. The zero-order valence-electron chi connectivity index (χ0n) is 9.97. The third-order valence-corrected chi connectivity index (χ3v) is 4.94. The highest BCUT2D eigenvalue weighted by Crippen LogP contribution is 2.35. The van der Waals surface area contributed by atoms with Crippen molar-refractivity contribution < 1.29 is 9.94 Å². The van der Waals surface area contributed by atoms with E-state index in [1.165, 1.54) is 0 Å². The molecule has 0 spiro atoms. The molecular weight excluding hydrogens is 316 g/mol. The van der Waals surface area contributed by atoms with E-state index < -0.39 is 0 Å². The Morgan fingerprint density at radius 3 is 3.00 bits per heavy atom. The first-order valence-electron chi connectivity index (χ1n) is 5.67. The third-order valence-electron chi connectivity index (χ3n) is 2.91. The van der Waals surface area contributed by atoms with Gasteiger partial charge in [-0.05, 0) is 31.5 Å². The fourth-order valence-corrected chi connectivity index (χ4v) is 3.50. The minimum absolute atomic E-state index is 0.130. The van der Waals surface area contributed by atoms with Crippen LogP contribution in [-0.4, -0.2) is 29.0 Å². The molecular formula is C12H15BrN2O2S. The molecule has 1 saturated heterocycles. The summed E-state index contributed by atoms with van der Waals surface area (Å²) in [4.78, 5) is 1.01. The van der Waals surface area contributed by atoms with Crippen LogP contribution in [0.4, 0.5) is 0 Å². The number of benzene rings is 1. The van der Waals surface area contributed by atoms with Gasteiger partial charge in [-0.3, -0.25) is 0 Å². The summed E-state index contributed by atoms with van der Waals surface area (Å²) in [5, 5.41) is 12.3.